The van der Waals surface area contributed by atoms with Crippen molar-refractivity contribution >= 4 is 87.2 Å². The lowest BCUT2D eigenvalue weighted by atomic mass is 9.99. The summed E-state index contributed by atoms with van der Waals surface area (Å²) < 4.78 is 9.47. The summed E-state index contributed by atoms with van der Waals surface area (Å²) in [4.78, 5) is 0. The number of rotatable bonds is 5. The molecule has 0 unspecified atom stereocenters. The summed E-state index contributed by atoms with van der Waals surface area (Å²) in [7, 11) is 0. The minimum atomic E-state index is 0.593. The Hall–Kier alpha value is -9.11. The highest BCUT2D eigenvalue weighted by Crippen LogP contribution is 2.46. The molecule has 5 heteroatoms. The van der Waals surface area contributed by atoms with Crippen LogP contribution in [0.25, 0.3) is 121 Å². The van der Waals surface area contributed by atoms with Crippen LogP contribution < -0.4 is 0 Å². The van der Waals surface area contributed by atoms with Crippen molar-refractivity contribution in [2.24, 2.45) is 0 Å². The number of para-hydroxylation sites is 6. The van der Waals surface area contributed by atoms with Crippen LogP contribution in [0.2, 0.25) is 0 Å². The topological polar surface area (TPSA) is 43.5 Å². The van der Waals surface area contributed by atoms with Crippen LogP contribution in [-0.2, 0) is 0 Å². The molecule has 0 atom stereocenters. The zero-order valence-corrected chi connectivity index (χ0v) is 35.6. The van der Waals surface area contributed by atoms with Gasteiger partial charge in [0.05, 0.1) is 55.5 Å². The second-order valence-corrected chi connectivity index (χ2v) is 17.2. The molecule has 0 bridgehead atoms. The maximum Gasteiger partial charge on any atom is 0.104 e. The molecule has 0 saturated carbocycles. The lowest BCUT2D eigenvalue weighted by Gasteiger charge is -2.19. The molecule has 0 radical (unpaired) electrons. The quantitative estimate of drug-likeness (QED) is 0.170. The summed E-state index contributed by atoms with van der Waals surface area (Å²) in [6.45, 7) is 0. The van der Waals surface area contributed by atoms with Gasteiger partial charge < -0.3 is 18.3 Å². The van der Waals surface area contributed by atoms with Crippen LogP contribution in [0.1, 0.15) is 5.56 Å². The minimum Gasteiger partial charge on any atom is -0.309 e. The van der Waals surface area contributed by atoms with Crippen LogP contribution >= 0.6 is 0 Å². The number of fused-ring (bicyclic) bond motifs is 13. The van der Waals surface area contributed by atoms with Crippen molar-refractivity contribution in [3.63, 3.8) is 0 Å². The van der Waals surface area contributed by atoms with Gasteiger partial charge in [0, 0.05) is 54.5 Å². The molecule has 4 heterocycles. The molecule has 0 N–H and O–H groups in total. The second kappa shape index (κ2) is 13.9. The van der Waals surface area contributed by atoms with E-state index in [0.29, 0.717) is 5.56 Å². The van der Waals surface area contributed by atoms with Crippen molar-refractivity contribution in [2.45, 2.75) is 0 Å². The Morgan fingerprint density at radius 3 is 1.29 bits per heavy atom. The molecular formula is C61H37N5. The van der Waals surface area contributed by atoms with Gasteiger partial charge in [0.1, 0.15) is 11.6 Å². The van der Waals surface area contributed by atoms with Crippen LogP contribution in [-0.4, -0.2) is 18.3 Å². The fourth-order valence-corrected chi connectivity index (χ4v) is 11.0. The molecule has 14 rings (SSSR count). The minimum absolute atomic E-state index is 0.593. The molecule has 4 aromatic heterocycles. The molecule has 0 saturated heterocycles. The van der Waals surface area contributed by atoms with Crippen molar-refractivity contribution in [3.8, 4) is 39.9 Å². The van der Waals surface area contributed by atoms with Crippen molar-refractivity contribution in [2.75, 3.05) is 0 Å². The first kappa shape index (κ1) is 36.4. The summed E-state index contributed by atoms with van der Waals surface area (Å²) in [5, 5.41) is 21.0. The number of hydrogen-bond donors (Lipinski definition) is 0. The maximum atomic E-state index is 11.8. The van der Waals surface area contributed by atoms with Gasteiger partial charge >= 0.3 is 0 Å². The van der Waals surface area contributed by atoms with Gasteiger partial charge in [-0.3, -0.25) is 0 Å². The molecule has 10 aromatic carbocycles. The smallest absolute Gasteiger partial charge is 0.104 e. The first-order valence-electron chi connectivity index (χ1n) is 22.4. The van der Waals surface area contributed by atoms with E-state index in [-0.39, 0.29) is 0 Å². The Kier molecular flexibility index (Phi) is 7.69. The van der Waals surface area contributed by atoms with Crippen LogP contribution in [0, 0.1) is 11.3 Å². The summed E-state index contributed by atoms with van der Waals surface area (Å²) >= 11 is 0. The average Bonchev–Trinajstić information content (AvgIpc) is 4.11. The van der Waals surface area contributed by atoms with Gasteiger partial charge in [-0.05, 0) is 90.0 Å². The fourth-order valence-electron chi connectivity index (χ4n) is 11.0. The van der Waals surface area contributed by atoms with Crippen LogP contribution in [0.4, 0.5) is 0 Å². The predicted octanol–water partition coefficient (Wildman–Crippen LogP) is 15.6. The van der Waals surface area contributed by atoms with E-state index < -0.39 is 0 Å². The second-order valence-electron chi connectivity index (χ2n) is 17.2. The van der Waals surface area contributed by atoms with Crippen LogP contribution in [0.5, 0.6) is 0 Å². The molecule has 0 spiro atoms. The highest BCUT2D eigenvalue weighted by molar-refractivity contribution is 6.26. The largest absolute Gasteiger partial charge is 0.309 e. The zero-order valence-electron chi connectivity index (χ0n) is 35.6. The average molecular weight is 840 g/mol. The first-order valence-corrected chi connectivity index (χ1v) is 22.4. The molecule has 0 aliphatic heterocycles. The zero-order chi connectivity index (χ0) is 43.5. The molecule has 306 valence electrons. The van der Waals surface area contributed by atoms with Crippen molar-refractivity contribution in [1.82, 2.24) is 18.3 Å². The SMILES string of the molecule is N#Cc1c(-n2c3ccccc3c3cc4c(cc32)c2ccccc2n4-c2ccccc2)cc(-c2ccccc2)cc1-n1c2ccccc2c2ccc3c(c4ccccc4n3-c3ccccc3)c21. The van der Waals surface area contributed by atoms with Gasteiger partial charge in [-0.25, -0.2) is 0 Å². The number of nitriles is 1. The number of aromatic nitrogens is 4. The molecule has 0 amide bonds. The van der Waals surface area contributed by atoms with Crippen molar-refractivity contribution < 1.29 is 0 Å². The van der Waals surface area contributed by atoms with Crippen molar-refractivity contribution in [1.29, 1.82) is 5.26 Å². The van der Waals surface area contributed by atoms with E-state index in [9.17, 15) is 5.26 Å². The standard InChI is InChI=1S/C61H37N5/c62-38-50-56(65-52-29-15-12-26-45(52)49-36-58-48(37-59(49)65)44-25-11-14-28-51(44)64(58)42-22-8-3-9-23-42)34-40(39-18-4-1-5-19-39)35-57(50)66-53-30-16-10-24-43(53)46-32-33-55-60(61(46)66)47-27-13-17-31-54(47)63(55)41-20-6-2-7-21-41/h1-37H. The van der Waals surface area contributed by atoms with Crippen molar-refractivity contribution in [3.05, 3.63) is 230 Å². The highest BCUT2D eigenvalue weighted by Gasteiger charge is 2.26. The molecule has 14 aromatic rings. The van der Waals surface area contributed by atoms with E-state index in [4.69, 9.17) is 0 Å². The van der Waals surface area contributed by atoms with Gasteiger partial charge in [0.2, 0.25) is 0 Å². The monoisotopic (exact) mass is 839 g/mol. The summed E-state index contributed by atoms with van der Waals surface area (Å²) in [6.07, 6.45) is 0. The van der Waals surface area contributed by atoms with Gasteiger partial charge in [0.15, 0.2) is 0 Å². The van der Waals surface area contributed by atoms with Crippen LogP contribution in [0.3, 0.4) is 0 Å². The fraction of sp³-hybridized carbons (Fsp3) is 0. The third-order valence-corrected chi connectivity index (χ3v) is 13.8. The maximum absolute atomic E-state index is 11.8. The third-order valence-electron chi connectivity index (χ3n) is 13.8. The number of hydrogen-bond acceptors (Lipinski definition) is 1. The number of nitrogens with zero attached hydrogens (tertiary/aromatic N) is 5. The van der Waals surface area contributed by atoms with E-state index in [1.54, 1.807) is 0 Å². The lowest BCUT2D eigenvalue weighted by molar-refractivity contribution is 1.12. The van der Waals surface area contributed by atoms with E-state index >= 15 is 0 Å². The third kappa shape index (κ3) is 5.04. The summed E-state index contributed by atoms with van der Waals surface area (Å²) in [6, 6.07) is 83.0. The molecule has 0 aliphatic carbocycles. The van der Waals surface area contributed by atoms with E-state index in [2.05, 4.69) is 249 Å². The summed E-state index contributed by atoms with van der Waals surface area (Å²) in [5.41, 5.74) is 15.3. The van der Waals surface area contributed by atoms with Gasteiger partial charge in [-0.1, -0.05) is 146 Å². The van der Waals surface area contributed by atoms with Gasteiger partial charge in [-0.2, -0.15) is 5.26 Å². The predicted molar refractivity (Wildman–Crippen MR) is 274 cm³/mol. The van der Waals surface area contributed by atoms with E-state index in [1.165, 1.54) is 5.39 Å². The Morgan fingerprint density at radius 2 is 0.712 bits per heavy atom. The van der Waals surface area contributed by atoms with Gasteiger partial charge in [0.25, 0.3) is 0 Å². The Labute approximate surface area is 379 Å². The first-order chi connectivity index (χ1) is 32.7. The van der Waals surface area contributed by atoms with E-state index in [1.807, 2.05) is 0 Å². The Balaban J connectivity index is 1.15. The molecule has 5 nitrogen and oxygen atoms in total. The normalized spacial score (nSPS) is 11.9. The lowest BCUT2D eigenvalue weighted by Crippen LogP contribution is -2.05. The highest BCUT2D eigenvalue weighted by atomic mass is 15.0. The van der Waals surface area contributed by atoms with E-state index in [0.717, 1.165) is 116 Å². The van der Waals surface area contributed by atoms with Crippen LogP contribution in [0.15, 0.2) is 224 Å². The van der Waals surface area contributed by atoms with Gasteiger partial charge in [-0.15, -0.1) is 0 Å². The Morgan fingerprint density at radius 1 is 0.288 bits per heavy atom. The number of benzene rings is 10. The summed E-state index contributed by atoms with van der Waals surface area (Å²) in [5.74, 6) is 0. The molecule has 66 heavy (non-hydrogen) atoms. The molecule has 0 aliphatic rings. The molecule has 0 fully saturated rings. The Bertz CT molecular complexity index is 4330. The molecular weight excluding hydrogens is 803 g/mol.